The van der Waals surface area contributed by atoms with Gasteiger partial charge in [0.05, 0.1) is 12.1 Å². The highest BCUT2D eigenvalue weighted by molar-refractivity contribution is 7.71. The maximum absolute atomic E-state index is 12.5. The highest BCUT2D eigenvalue weighted by atomic mass is 32.1. The Morgan fingerprint density at radius 2 is 2.00 bits per heavy atom. The number of halogens is 3. The van der Waals surface area contributed by atoms with Crippen LogP contribution in [0.5, 0.6) is 11.5 Å². The van der Waals surface area contributed by atoms with Crippen molar-refractivity contribution in [2.45, 2.75) is 19.3 Å². The highest BCUT2D eigenvalue weighted by Crippen LogP contribution is 2.38. The minimum Gasteiger partial charge on any atom is -0.502 e. The number of aromatic amines is 1. The summed E-state index contributed by atoms with van der Waals surface area (Å²) in [6.45, 7) is -1.48. The normalized spacial score (nSPS) is 11.6. The molecule has 0 aromatic carbocycles. The number of hydrogen-bond donors (Lipinski definition) is 4. The Balaban J connectivity index is 2.50. The van der Waals surface area contributed by atoms with E-state index in [2.05, 4.69) is 4.98 Å². The fourth-order valence-electron chi connectivity index (χ4n) is 2.04. The summed E-state index contributed by atoms with van der Waals surface area (Å²) in [6.07, 6.45) is -4.17. The van der Waals surface area contributed by atoms with Gasteiger partial charge >= 0.3 is 12.1 Å². The number of furan rings is 1. The second kappa shape index (κ2) is 6.84. The van der Waals surface area contributed by atoms with Gasteiger partial charge in [0.1, 0.15) is 6.61 Å². The lowest BCUT2D eigenvalue weighted by Crippen LogP contribution is -2.39. The monoisotopic (exact) mass is 395 g/mol. The number of hydrogen-bond acceptors (Lipinski definition) is 7. The number of H-pyrrole nitrogens is 1. The molecule has 26 heavy (non-hydrogen) atoms. The molecular weight excluding hydrogens is 383 g/mol. The molecule has 0 unspecified atom stereocenters. The number of nitrogens with zero attached hydrogens (tertiary/aromatic N) is 2. The number of aromatic hydroxyl groups is 2. The summed E-state index contributed by atoms with van der Waals surface area (Å²) in [5, 5.41) is 28.5. The topological polar surface area (TPSA) is 132 Å². The summed E-state index contributed by atoms with van der Waals surface area (Å²) in [5.74, 6) is -4.59. The second-order valence-electron chi connectivity index (χ2n) is 5.13. The molecular formula is C13H12F3N3O6S. The second-order valence-corrected chi connectivity index (χ2v) is 5.52. The number of nitrogens with one attached hydrogen (secondary N) is 1. The van der Waals surface area contributed by atoms with Crippen molar-refractivity contribution in [3.05, 3.63) is 32.6 Å². The van der Waals surface area contributed by atoms with Crippen molar-refractivity contribution in [2.75, 3.05) is 7.05 Å². The Hall–Kier alpha value is -2.80. The summed E-state index contributed by atoms with van der Waals surface area (Å²) in [5.41, 5.74) is -1.16. The van der Waals surface area contributed by atoms with Crippen LogP contribution >= 0.6 is 12.2 Å². The summed E-state index contributed by atoms with van der Waals surface area (Å²) in [4.78, 5) is 25.5. The Labute approximate surface area is 147 Å². The van der Waals surface area contributed by atoms with Crippen molar-refractivity contribution in [2.24, 2.45) is 0 Å². The Morgan fingerprint density at radius 3 is 2.50 bits per heavy atom. The van der Waals surface area contributed by atoms with E-state index in [1.54, 1.807) is 0 Å². The number of aromatic nitrogens is 2. The van der Waals surface area contributed by atoms with Gasteiger partial charge in [-0.1, -0.05) is 0 Å². The van der Waals surface area contributed by atoms with Crippen LogP contribution in [0.3, 0.4) is 0 Å². The first-order chi connectivity index (χ1) is 12.0. The number of aliphatic hydroxyl groups is 1. The summed E-state index contributed by atoms with van der Waals surface area (Å²) >= 11 is 4.89. The van der Waals surface area contributed by atoms with Gasteiger partial charge in [-0.05, 0) is 12.2 Å². The predicted octanol–water partition coefficient (Wildman–Crippen LogP) is 0.912. The third-order valence-electron chi connectivity index (χ3n) is 3.29. The molecule has 0 saturated heterocycles. The third kappa shape index (κ3) is 3.57. The van der Waals surface area contributed by atoms with E-state index in [0.29, 0.717) is 0 Å². The van der Waals surface area contributed by atoms with E-state index in [4.69, 9.17) is 21.7 Å². The lowest BCUT2D eigenvalue weighted by Gasteiger charge is -2.18. The fourth-order valence-corrected chi connectivity index (χ4v) is 2.26. The summed E-state index contributed by atoms with van der Waals surface area (Å²) in [7, 11) is 0.848. The average Bonchev–Trinajstić information content (AvgIpc) is 2.83. The van der Waals surface area contributed by atoms with Crippen molar-refractivity contribution in [1.82, 2.24) is 14.5 Å². The van der Waals surface area contributed by atoms with Crippen molar-refractivity contribution < 1.29 is 37.7 Å². The Bertz CT molecular complexity index is 961. The van der Waals surface area contributed by atoms with E-state index < -0.39 is 53.9 Å². The van der Waals surface area contributed by atoms with E-state index in [1.165, 1.54) is 0 Å². The molecule has 4 N–H and O–H groups in total. The molecule has 0 radical (unpaired) electrons. The van der Waals surface area contributed by atoms with Gasteiger partial charge in [0.25, 0.3) is 11.4 Å². The van der Waals surface area contributed by atoms with Gasteiger partial charge < -0.3 is 24.6 Å². The van der Waals surface area contributed by atoms with Crippen LogP contribution in [0.1, 0.15) is 11.3 Å². The first-order valence-corrected chi connectivity index (χ1v) is 7.20. The minimum atomic E-state index is -5.11. The Kier molecular flexibility index (Phi) is 5.13. The molecule has 2 aromatic rings. The van der Waals surface area contributed by atoms with Crippen LogP contribution in [0.4, 0.5) is 13.2 Å². The first-order valence-electron chi connectivity index (χ1n) is 6.79. The fraction of sp³-hybridized carbons (Fsp3) is 0.308. The first kappa shape index (κ1) is 19.5. The zero-order valence-corrected chi connectivity index (χ0v) is 13.8. The van der Waals surface area contributed by atoms with Gasteiger partial charge in [-0.2, -0.15) is 13.2 Å². The molecule has 2 rings (SSSR count). The molecule has 9 nitrogen and oxygen atoms in total. The zero-order valence-electron chi connectivity index (χ0n) is 13.0. The van der Waals surface area contributed by atoms with Gasteiger partial charge in [0, 0.05) is 13.2 Å². The van der Waals surface area contributed by atoms with Gasteiger partial charge in [-0.3, -0.25) is 19.1 Å². The lowest BCUT2D eigenvalue weighted by atomic mass is 10.3. The molecule has 0 spiro atoms. The van der Waals surface area contributed by atoms with Crippen LogP contribution < -0.4 is 5.56 Å². The number of alkyl halides is 3. The van der Waals surface area contributed by atoms with Crippen LogP contribution in [0.15, 0.2) is 15.4 Å². The molecule has 0 atom stereocenters. The largest absolute Gasteiger partial charge is 0.502 e. The van der Waals surface area contributed by atoms with Gasteiger partial charge in [0.15, 0.2) is 10.5 Å². The standard InChI is InChI=1S/C13H12F3N3O6S/c1-18(11(24)13(14,15)16)2-5-3-19(12(26)17-9(5)23)10-8(22)7(21)6(4-20)25-10/h3,20-22H,2,4H2,1H3,(H,17,23,26). The molecule has 13 heteroatoms. The van der Waals surface area contributed by atoms with Crippen LogP contribution in [-0.2, 0) is 17.9 Å². The third-order valence-corrected chi connectivity index (χ3v) is 3.58. The maximum Gasteiger partial charge on any atom is 0.471 e. The molecule has 0 saturated carbocycles. The zero-order chi connectivity index (χ0) is 19.8. The van der Waals surface area contributed by atoms with E-state index in [9.17, 15) is 33.0 Å². The van der Waals surface area contributed by atoms with E-state index >= 15 is 0 Å². The molecule has 0 aliphatic heterocycles. The summed E-state index contributed by atoms with van der Waals surface area (Å²) < 4.78 is 42.9. The van der Waals surface area contributed by atoms with Gasteiger partial charge in [0.2, 0.25) is 11.5 Å². The minimum absolute atomic E-state index is 0.274. The smallest absolute Gasteiger partial charge is 0.471 e. The van der Waals surface area contributed by atoms with Crippen molar-refractivity contribution in [3.8, 4) is 17.4 Å². The SMILES string of the molecule is CN(Cc1cn(-c2oc(CO)c(O)c2O)c(=S)[nH]c1=O)C(=O)C(F)(F)F. The number of amides is 1. The Morgan fingerprint density at radius 1 is 1.38 bits per heavy atom. The number of aliphatic hydroxyl groups excluding tert-OH is 1. The van der Waals surface area contributed by atoms with Gasteiger partial charge in [-0.15, -0.1) is 0 Å². The molecule has 0 aliphatic rings. The highest BCUT2D eigenvalue weighted by Gasteiger charge is 2.41. The average molecular weight is 395 g/mol. The van der Waals surface area contributed by atoms with Crippen molar-refractivity contribution in [3.63, 3.8) is 0 Å². The van der Waals surface area contributed by atoms with Crippen molar-refractivity contribution in [1.29, 1.82) is 0 Å². The van der Waals surface area contributed by atoms with Crippen LogP contribution in [0.25, 0.3) is 5.88 Å². The number of rotatable bonds is 4. The maximum atomic E-state index is 12.5. The predicted molar refractivity (Wildman–Crippen MR) is 81.3 cm³/mol. The van der Waals surface area contributed by atoms with E-state index in [-0.39, 0.29) is 15.2 Å². The summed E-state index contributed by atoms with van der Waals surface area (Å²) in [6, 6.07) is 0. The van der Waals surface area contributed by atoms with E-state index in [0.717, 1.165) is 17.8 Å². The van der Waals surface area contributed by atoms with Gasteiger partial charge in [-0.25, -0.2) is 0 Å². The van der Waals surface area contributed by atoms with Crippen LogP contribution in [0, 0.1) is 4.77 Å². The number of carbonyl (C=O) groups is 1. The van der Waals surface area contributed by atoms with Crippen molar-refractivity contribution >= 4 is 18.1 Å². The quantitative estimate of drug-likeness (QED) is 0.566. The van der Waals surface area contributed by atoms with Crippen LogP contribution in [-0.4, -0.2) is 48.9 Å². The van der Waals surface area contributed by atoms with Crippen LogP contribution in [0.2, 0.25) is 0 Å². The molecule has 1 amide bonds. The van der Waals surface area contributed by atoms with E-state index in [1.807, 2.05) is 0 Å². The molecule has 0 aliphatic carbocycles. The number of carbonyl (C=O) groups excluding carboxylic acids is 1. The molecule has 2 aromatic heterocycles. The molecule has 2 heterocycles. The molecule has 142 valence electrons. The molecule has 0 fully saturated rings. The lowest BCUT2D eigenvalue weighted by molar-refractivity contribution is -0.184. The molecule has 0 bridgehead atoms.